The van der Waals surface area contributed by atoms with Gasteiger partial charge >= 0.3 is 0 Å². The number of rotatable bonds is 1. The normalized spacial score (nSPS) is 11.4. The Morgan fingerprint density at radius 2 is 2.00 bits per heavy atom. The maximum Gasteiger partial charge on any atom is 0.240 e. The molecule has 5 nitrogen and oxygen atoms in total. The molecular formula is C9H13N5. The molecule has 2 rings (SSSR count). The maximum atomic E-state index is 5.72. The van der Waals surface area contributed by atoms with E-state index in [9.17, 15) is 0 Å². The van der Waals surface area contributed by atoms with Crippen LogP contribution < -0.4 is 11.5 Å². The Kier molecular flexibility index (Phi) is 1.80. The summed E-state index contributed by atoms with van der Waals surface area (Å²) in [5.41, 5.74) is 13.1. The van der Waals surface area contributed by atoms with Gasteiger partial charge in [0, 0.05) is 5.69 Å². The van der Waals surface area contributed by atoms with E-state index < -0.39 is 0 Å². The van der Waals surface area contributed by atoms with Crippen LogP contribution in [0.25, 0.3) is 5.52 Å². The van der Waals surface area contributed by atoms with Crippen LogP contribution in [0.3, 0.4) is 0 Å². The minimum Gasteiger partial charge on any atom is -0.382 e. The fourth-order valence-corrected chi connectivity index (χ4v) is 1.49. The molecule has 0 bridgehead atoms. The van der Waals surface area contributed by atoms with E-state index in [1.165, 1.54) is 0 Å². The van der Waals surface area contributed by atoms with Crippen molar-refractivity contribution in [3.63, 3.8) is 0 Å². The van der Waals surface area contributed by atoms with Crippen LogP contribution in [0.4, 0.5) is 11.8 Å². The van der Waals surface area contributed by atoms with E-state index in [2.05, 4.69) is 23.9 Å². The number of hydrogen-bond acceptors (Lipinski definition) is 4. The second kappa shape index (κ2) is 2.87. The monoisotopic (exact) mass is 191 g/mol. The predicted octanol–water partition coefficient (Wildman–Crippen LogP) is 1.02. The van der Waals surface area contributed by atoms with Gasteiger partial charge in [0.1, 0.15) is 5.52 Å². The fourth-order valence-electron chi connectivity index (χ4n) is 1.49. The molecule has 0 fully saturated rings. The third-order valence-corrected chi connectivity index (χ3v) is 2.18. The summed E-state index contributed by atoms with van der Waals surface area (Å²) in [6.45, 7) is 4.19. The Bertz CT molecular complexity index is 471. The third-order valence-electron chi connectivity index (χ3n) is 2.18. The highest BCUT2D eigenvalue weighted by Gasteiger charge is 2.10. The van der Waals surface area contributed by atoms with Crippen LogP contribution in [0, 0.1) is 0 Å². The van der Waals surface area contributed by atoms with Gasteiger partial charge in [0.15, 0.2) is 5.82 Å². The Morgan fingerprint density at radius 3 is 2.64 bits per heavy atom. The van der Waals surface area contributed by atoms with Crippen LogP contribution in [0.1, 0.15) is 25.5 Å². The lowest BCUT2D eigenvalue weighted by Gasteiger charge is -2.06. The Hall–Kier alpha value is -1.78. The highest BCUT2D eigenvalue weighted by molar-refractivity contribution is 5.66. The molecule has 2 heterocycles. The fraction of sp³-hybridized carbons (Fsp3) is 0.333. The van der Waals surface area contributed by atoms with Crippen molar-refractivity contribution in [1.29, 1.82) is 0 Å². The first-order valence-electron chi connectivity index (χ1n) is 4.50. The van der Waals surface area contributed by atoms with Gasteiger partial charge in [0.25, 0.3) is 0 Å². The van der Waals surface area contributed by atoms with Crippen LogP contribution in [0.2, 0.25) is 0 Å². The van der Waals surface area contributed by atoms with Crippen molar-refractivity contribution in [2.75, 3.05) is 11.5 Å². The van der Waals surface area contributed by atoms with Crippen molar-refractivity contribution in [2.45, 2.75) is 19.8 Å². The minimum atomic E-state index is 0.202. The number of anilines is 2. The third kappa shape index (κ3) is 1.17. The predicted molar refractivity (Wildman–Crippen MR) is 55.9 cm³/mol. The molecule has 0 saturated carbocycles. The van der Waals surface area contributed by atoms with E-state index in [0.717, 1.165) is 11.2 Å². The van der Waals surface area contributed by atoms with Gasteiger partial charge < -0.3 is 11.5 Å². The molecule has 74 valence electrons. The molecule has 0 atom stereocenters. The van der Waals surface area contributed by atoms with E-state index in [-0.39, 0.29) is 5.95 Å². The molecule has 2 aromatic heterocycles. The molecule has 4 N–H and O–H groups in total. The van der Waals surface area contributed by atoms with Crippen LogP contribution in [0.15, 0.2) is 12.1 Å². The maximum absolute atomic E-state index is 5.72. The largest absolute Gasteiger partial charge is 0.382 e. The van der Waals surface area contributed by atoms with Crippen LogP contribution in [0.5, 0.6) is 0 Å². The molecule has 0 aliphatic heterocycles. The van der Waals surface area contributed by atoms with E-state index >= 15 is 0 Å². The first-order valence-corrected chi connectivity index (χ1v) is 4.50. The van der Waals surface area contributed by atoms with Gasteiger partial charge in [-0.3, -0.25) is 0 Å². The minimum absolute atomic E-state index is 0.202. The Labute approximate surface area is 81.7 Å². The summed E-state index contributed by atoms with van der Waals surface area (Å²) in [5.74, 6) is 1.00. The van der Waals surface area contributed by atoms with Crippen LogP contribution in [-0.4, -0.2) is 14.6 Å². The number of aromatic nitrogens is 3. The van der Waals surface area contributed by atoms with E-state index in [4.69, 9.17) is 11.5 Å². The van der Waals surface area contributed by atoms with Crippen molar-refractivity contribution in [3.05, 3.63) is 17.8 Å². The summed E-state index contributed by atoms with van der Waals surface area (Å²) in [5, 5.41) is 4.12. The lowest BCUT2D eigenvalue weighted by molar-refractivity contribution is 0.756. The van der Waals surface area contributed by atoms with E-state index in [0.29, 0.717) is 11.7 Å². The van der Waals surface area contributed by atoms with Gasteiger partial charge in [-0.05, 0) is 18.1 Å². The Morgan fingerprint density at radius 1 is 1.29 bits per heavy atom. The first-order chi connectivity index (χ1) is 6.59. The number of fused-ring (bicyclic) bond motifs is 1. The number of nitrogens with zero attached hydrogens (tertiary/aromatic N) is 3. The van der Waals surface area contributed by atoms with E-state index in [1.54, 1.807) is 4.52 Å². The topological polar surface area (TPSA) is 82.2 Å². The SMILES string of the molecule is CC(C)c1ccc2c(N)nc(N)nn12. The van der Waals surface area contributed by atoms with Crippen molar-refractivity contribution in [1.82, 2.24) is 14.6 Å². The molecule has 0 unspecified atom stereocenters. The number of nitrogen functional groups attached to an aromatic ring is 2. The second-order valence-electron chi connectivity index (χ2n) is 3.57. The molecule has 0 amide bonds. The molecule has 0 saturated heterocycles. The smallest absolute Gasteiger partial charge is 0.240 e. The summed E-state index contributed by atoms with van der Waals surface area (Å²) in [4.78, 5) is 3.90. The average molecular weight is 191 g/mol. The molecule has 2 aromatic rings. The zero-order valence-electron chi connectivity index (χ0n) is 8.23. The molecule has 0 aromatic carbocycles. The summed E-state index contributed by atoms with van der Waals surface area (Å²) in [6, 6.07) is 3.90. The second-order valence-corrected chi connectivity index (χ2v) is 3.57. The summed E-state index contributed by atoms with van der Waals surface area (Å²) in [7, 11) is 0. The first kappa shape index (κ1) is 8.80. The standard InChI is InChI=1S/C9H13N5/c1-5(2)6-3-4-7-8(10)12-9(11)13-14(6)7/h3-5H,1-2H3,(H4,10,11,12,13). The zero-order valence-corrected chi connectivity index (χ0v) is 8.23. The average Bonchev–Trinajstić information content (AvgIpc) is 2.47. The van der Waals surface area contributed by atoms with Crippen molar-refractivity contribution in [2.24, 2.45) is 0 Å². The van der Waals surface area contributed by atoms with Crippen molar-refractivity contribution < 1.29 is 0 Å². The summed E-state index contributed by atoms with van der Waals surface area (Å²) >= 11 is 0. The van der Waals surface area contributed by atoms with E-state index in [1.807, 2.05) is 12.1 Å². The van der Waals surface area contributed by atoms with Crippen LogP contribution in [-0.2, 0) is 0 Å². The highest BCUT2D eigenvalue weighted by atomic mass is 15.3. The Balaban J connectivity index is 2.78. The lowest BCUT2D eigenvalue weighted by atomic mass is 10.1. The van der Waals surface area contributed by atoms with Gasteiger partial charge in [0.05, 0.1) is 0 Å². The zero-order chi connectivity index (χ0) is 10.3. The molecule has 0 aliphatic rings. The van der Waals surface area contributed by atoms with Gasteiger partial charge in [-0.1, -0.05) is 13.8 Å². The van der Waals surface area contributed by atoms with Gasteiger partial charge in [0.2, 0.25) is 5.95 Å². The molecule has 0 aliphatic carbocycles. The van der Waals surface area contributed by atoms with Gasteiger partial charge in [-0.15, -0.1) is 5.10 Å². The number of hydrogen-bond donors (Lipinski definition) is 2. The molecule has 0 spiro atoms. The van der Waals surface area contributed by atoms with Crippen LogP contribution >= 0.6 is 0 Å². The number of nitrogens with two attached hydrogens (primary N) is 2. The highest BCUT2D eigenvalue weighted by Crippen LogP contribution is 2.20. The van der Waals surface area contributed by atoms with Crippen molar-refractivity contribution >= 4 is 17.3 Å². The molecule has 5 heteroatoms. The van der Waals surface area contributed by atoms with Gasteiger partial charge in [-0.2, -0.15) is 4.98 Å². The molecule has 0 radical (unpaired) electrons. The quantitative estimate of drug-likeness (QED) is 0.705. The van der Waals surface area contributed by atoms with Crippen molar-refractivity contribution in [3.8, 4) is 0 Å². The summed E-state index contributed by atoms with van der Waals surface area (Å²) < 4.78 is 1.75. The lowest BCUT2D eigenvalue weighted by Crippen LogP contribution is -2.07. The molecular weight excluding hydrogens is 178 g/mol. The summed E-state index contributed by atoms with van der Waals surface area (Å²) in [6.07, 6.45) is 0. The molecule has 14 heavy (non-hydrogen) atoms. The van der Waals surface area contributed by atoms with Gasteiger partial charge in [-0.25, -0.2) is 4.52 Å².